The molecule has 128 valence electrons. The van der Waals surface area contributed by atoms with E-state index in [0.717, 1.165) is 28.7 Å². The molecule has 0 saturated heterocycles. The summed E-state index contributed by atoms with van der Waals surface area (Å²) in [6.07, 6.45) is 0.336. The van der Waals surface area contributed by atoms with Crippen molar-refractivity contribution in [1.29, 1.82) is 0 Å². The third kappa shape index (κ3) is 4.00. The maximum Gasteiger partial charge on any atom is 0.261 e. The molecule has 0 fully saturated rings. The van der Waals surface area contributed by atoms with Gasteiger partial charge in [0.1, 0.15) is 5.75 Å². The highest BCUT2D eigenvalue weighted by atomic mass is 16.5. The molecular formula is C22H23NO2. The Hall–Kier alpha value is -2.81. The lowest BCUT2D eigenvalue weighted by molar-refractivity contribution is -0.127. The summed E-state index contributed by atoms with van der Waals surface area (Å²) in [4.78, 5) is 12.4. The van der Waals surface area contributed by atoms with Crippen LogP contribution < -0.4 is 10.1 Å². The number of carbonyl (C=O) groups excluding carboxylic acids is 1. The molecule has 0 saturated carbocycles. The molecule has 0 heterocycles. The molecule has 25 heavy (non-hydrogen) atoms. The zero-order chi connectivity index (χ0) is 17.6. The van der Waals surface area contributed by atoms with Crippen molar-refractivity contribution < 1.29 is 9.53 Å². The predicted octanol–water partition coefficient (Wildman–Crippen LogP) is 4.49. The zero-order valence-corrected chi connectivity index (χ0v) is 14.7. The summed E-state index contributed by atoms with van der Waals surface area (Å²) in [5.41, 5.74) is 2.21. The van der Waals surface area contributed by atoms with E-state index in [-0.39, 0.29) is 5.91 Å². The maximum atomic E-state index is 12.4. The van der Waals surface area contributed by atoms with Gasteiger partial charge in [-0.25, -0.2) is 0 Å². The van der Waals surface area contributed by atoms with E-state index >= 15 is 0 Å². The summed E-state index contributed by atoms with van der Waals surface area (Å²) in [6.45, 7) is 4.35. The lowest BCUT2D eigenvalue weighted by atomic mass is 10.0. The highest BCUT2D eigenvalue weighted by molar-refractivity contribution is 5.86. The van der Waals surface area contributed by atoms with Gasteiger partial charge in [-0.15, -0.1) is 0 Å². The van der Waals surface area contributed by atoms with Gasteiger partial charge in [0, 0.05) is 6.54 Å². The van der Waals surface area contributed by atoms with E-state index in [1.165, 1.54) is 5.39 Å². The van der Waals surface area contributed by atoms with Crippen LogP contribution in [-0.4, -0.2) is 12.0 Å². The summed E-state index contributed by atoms with van der Waals surface area (Å²) >= 11 is 0. The third-order valence-electron chi connectivity index (χ3n) is 4.36. The summed E-state index contributed by atoms with van der Waals surface area (Å²) in [5, 5.41) is 5.32. The minimum Gasteiger partial charge on any atom is -0.481 e. The van der Waals surface area contributed by atoms with Crippen molar-refractivity contribution >= 4 is 16.7 Å². The fourth-order valence-corrected chi connectivity index (χ4v) is 2.93. The minimum atomic E-state index is -0.539. The Morgan fingerprint density at radius 1 is 0.960 bits per heavy atom. The molecule has 0 aliphatic heterocycles. The average Bonchev–Trinajstić information content (AvgIpc) is 2.66. The molecule has 0 aliphatic rings. The van der Waals surface area contributed by atoms with E-state index in [2.05, 4.69) is 30.4 Å². The van der Waals surface area contributed by atoms with Gasteiger partial charge in [-0.05, 0) is 41.3 Å². The molecule has 3 aromatic carbocycles. The van der Waals surface area contributed by atoms with E-state index in [9.17, 15) is 4.79 Å². The van der Waals surface area contributed by atoms with Crippen LogP contribution in [0.25, 0.3) is 10.8 Å². The van der Waals surface area contributed by atoms with E-state index in [0.29, 0.717) is 6.54 Å². The number of amides is 1. The molecule has 0 aliphatic carbocycles. The minimum absolute atomic E-state index is 0.112. The molecule has 3 nitrogen and oxygen atoms in total. The van der Waals surface area contributed by atoms with Gasteiger partial charge >= 0.3 is 0 Å². The number of hydrogen-bond donors (Lipinski definition) is 1. The normalized spacial score (nSPS) is 11.9. The van der Waals surface area contributed by atoms with Crippen molar-refractivity contribution in [3.8, 4) is 5.75 Å². The summed E-state index contributed by atoms with van der Waals surface area (Å²) in [7, 11) is 0. The first-order valence-electron chi connectivity index (χ1n) is 8.68. The number of hydrogen-bond acceptors (Lipinski definition) is 2. The largest absolute Gasteiger partial charge is 0.481 e. The first-order chi connectivity index (χ1) is 12.2. The van der Waals surface area contributed by atoms with Gasteiger partial charge in [0.15, 0.2) is 6.10 Å². The molecule has 3 rings (SSSR count). The summed E-state index contributed by atoms with van der Waals surface area (Å²) in [5.74, 6) is 0.664. The molecular weight excluding hydrogens is 310 g/mol. The SMILES string of the molecule is CCc1ccccc1OC(C)C(=O)NCc1cccc2ccccc12. The zero-order valence-electron chi connectivity index (χ0n) is 14.7. The van der Waals surface area contributed by atoms with Crippen LogP contribution in [0.5, 0.6) is 5.75 Å². The lowest BCUT2D eigenvalue weighted by Crippen LogP contribution is -2.36. The van der Waals surface area contributed by atoms with Crippen molar-refractivity contribution in [2.75, 3.05) is 0 Å². The summed E-state index contributed by atoms with van der Waals surface area (Å²) in [6, 6.07) is 22.2. The first kappa shape index (κ1) is 17.0. The number of carbonyl (C=O) groups is 1. The van der Waals surface area contributed by atoms with Crippen molar-refractivity contribution in [3.05, 3.63) is 77.9 Å². The van der Waals surface area contributed by atoms with Gasteiger partial charge in [-0.2, -0.15) is 0 Å². The highest BCUT2D eigenvalue weighted by Gasteiger charge is 2.16. The van der Waals surface area contributed by atoms with E-state index < -0.39 is 6.10 Å². The lowest BCUT2D eigenvalue weighted by Gasteiger charge is -2.17. The number of para-hydroxylation sites is 1. The number of ether oxygens (including phenoxy) is 1. The second kappa shape index (κ2) is 7.84. The number of benzene rings is 3. The third-order valence-corrected chi connectivity index (χ3v) is 4.36. The smallest absolute Gasteiger partial charge is 0.261 e. The van der Waals surface area contributed by atoms with Crippen LogP contribution in [0, 0.1) is 0 Å². The van der Waals surface area contributed by atoms with Crippen molar-refractivity contribution in [2.45, 2.75) is 32.9 Å². The Bertz CT molecular complexity index is 867. The molecule has 1 atom stereocenters. The topological polar surface area (TPSA) is 38.3 Å². The van der Waals surface area contributed by atoms with Crippen molar-refractivity contribution in [3.63, 3.8) is 0 Å². The first-order valence-corrected chi connectivity index (χ1v) is 8.68. The van der Waals surface area contributed by atoms with Gasteiger partial charge < -0.3 is 10.1 Å². The van der Waals surface area contributed by atoms with E-state index in [1.54, 1.807) is 6.92 Å². The van der Waals surface area contributed by atoms with Crippen LogP contribution in [0.4, 0.5) is 0 Å². The summed E-state index contributed by atoms with van der Waals surface area (Å²) < 4.78 is 5.86. The Balaban J connectivity index is 1.65. The van der Waals surface area contributed by atoms with Gasteiger partial charge in [0.05, 0.1) is 0 Å². The molecule has 0 aromatic heterocycles. The molecule has 1 amide bonds. The Kier molecular flexibility index (Phi) is 5.34. The fraction of sp³-hybridized carbons (Fsp3) is 0.227. The van der Waals surface area contributed by atoms with Crippen molar-refractivity contribution in [2.24, 2.45) is 0 Å². The van der Waals surface area contributed by atoms with Crippen LogP contribution in [-0.2, 0) is 17.8 Å². The molecule has 1 N–H and O–H groups in total. The Morgan fingerprint density at radius 2 is 1.64 bits per heavy atom. The number of nitrogens with one attached hydrogen (secondary N) is 1. The fourth-order valence-electron chi connectivity index (χ4n) is 2.93. The van der Waals surface area contributed by atoms with Crippen molar-refractivity contribution in [1.82, 2.24) is 5.32 Å². The molecule has 0 radical (unpaired) electrons. The molecule has 1 unspecified atom stereocenters. The van der Waals surface area contributed by atoms with Crippen LogP contribution in [0.1, 0.15) is 25.0 Å². The Morgan fingerprint density at radius 3 is 2.48 bits per heavy atom. The molecule has 0 bridgehead atoms. The van der Waals surface area contributed by atoms with E-state index in [4.69, 9.17) is 4.74 Å². The van der Waals surface area contributed by atoms with Crippen LogP contribution in [0.3, 0.4) is 0 Å². The van der Waals surface area contributed by atoms with Crippen LogP contribution in [0.15, 0.2) is 66.7 Å². The quantitative estimate of drug-likeness (QED) is 0.722. The van der Waals surface area contributed by atoms with E-state index in [1.807, 2.05) is 48.5 Å². The monoisotopic (exact) mass is 333 g/mol. The highest BCUT2D eigenvalue weighted by Crippen LogP contribution is 2.20. The van der Waals surface area contributed by atoms with Gasteiger partial charge in [0.25, 0.3) is 5.91 Å². The second-order valence-electron chi connectivity index (χ2n) is 6.08. The molecule has 0 spiro atoms. The van der Waals surface area contributed by atoms with Gasteiger partial charge in [-0.1, -0.05) is 67.6 Å². The second-order valence-corrected chi connectivity index (χ2v) is 6.08. The maximum absolute atomic E-state index is 12.4. The molecule has 3 heteroatoms. The van der Waals surface area contributed by atoms with Gasteiger partial charge in [0.2, 0.25) is 0 Å². The van der Waals surface area contributed by atoms with Gasteiger partial charge in [-0.3, -0.25) is 4.79 Å². The number of rotatable bonds is 6. The predicted molar refractivity (Wildman–Crippen MR) is 102 cm³/mol. The molecule has 3 aromatic rings. The van der Waals surface area contributed by atoms with Crippen LogP contribution in [0.2, 0.25) is 0 Å². The van der Waals surface area contributed by atoms with Crippen LogP contribution >= 0.6 is 0 Å². The Labute approximate surface area is 148 Å². The number of aryl methyl sites for hydroxylation is 1. The average molecular weight is 333 g/mol. The standard InChI is InChI=1S/C22H23NO2/c1-3-17-9-5-7-14-21(17)25-16(2)22(24)23-15-19-12-8-11-18-10-4-6-13-20(18)19/h4-14,16H,3,15H2,1-2H3,(H,23,24). The number of fused-ring (bicyclic) bond motifs is 1.